The Morgan fingerprint density at radius 2 is 2.19 bits per heavy atom. The van der Waals surface area contributed by atoms with Crippen molar-refractivity contribution in [3.63, 3.8) is 0 Å². The molecule has 1 aromatic carbocycles. The first-order valence-electron chi connectivity index (χ1n) is 7.40. The number of carbonyl (C=O) groups excluding carboxylic acids is 1. The van der Waals surface area contributed by atoms with Crippen LogP contribution in [0, 0.1) is 11.3 Å². The summed E-state index contributed by atoms with van der Waals surface area (Å²) >= 11 is 1.73. The predicted molar refractivity (Wildman–Crippen MR) is 83.7 cm³/mol. The van der Waals surface area contributed by atoms with E-state index in [1.54, 1.807) is 16.7 Å². The Labute approximate surface area is 129 Å². The van der Waals surface area contributed by atoms with Crippen molar-refractivity contribution in [1.82, 2.24) is 10.2 Å². The number of thioether (sulfide) groups is 1. The predicted octanol–water partition coefficient (Wildman–Crippen LogP) is 1.77. The van der Waals surface area contributed by atoms with Gasteiger partial charge in [-0.2, -0.15) is 5.26 Å². The topological polar surface area (TPSA) is 56.1 Å². The number of hydrogen-bond acceptors (Lipinski definition) is 4. The number of hydrogen-bond donors (Lipinski definition) is 1. The first kappa shape index (κ1) is 14.4. The highest BCUT2D eigenvalue weighted by atomic mass is 32.2. The van der Waals surface area contributed by atoms with Crippen LogP contribution < -0.4 is 5.32 Å². The molecule has 2 fully saturated rings. The highest BCUT2D eigenvalue weighted by molar-refractivity contribution is 8.00. The molecule has 4 nitrogen and oxygen atoms in total. The maximum absolute atomic E-state index is 12.3. The molecule has 0 aromatic heterocycles. The summed E-state index contributed by atoms with van der Waals surface area (Å²) in [6.45, 7) is 0.841. The molecule has 5 heteroatoms. The first-order valence-corrected chi connectivity index (χ1v) is 8.45. The molecule has 3 unspecified atom stereocenters. The molecule has 1 aromatic rings. The van der Waals surface area contributed by atoms with Crippen molar-refractivity contribution >= 4 is 17.7 Å². The van der Waals surface area contributed by atoms with Crippen molar-refractivity contribution < 1.29 is 4.79 Å². The molecular formula is C16H19N3OS. The molecular weight excluding hydrogens is 282 g/mol. The molecule has 2 aliphatic heterocycles. The van der Waals surface area contributed by atoms with Crippen molar-refractivity contribution in [2.45, 2.75) is 36.7 Å². The summed E-state index contributed by atoms with van der Waals surface area (Å²) in [4.78, 5) is 14.1. The number of benzene rings is 1. The summed E-state index contributed by atoms with van der Waals surface area (Å²) in [7, 11) is 0. The van der Waals surface area contributed by atoms with Crippen LogP contribution in [0.2, 0.25) is 0 Å². The van der Waals surface area contributed by atoms with E-state index in [1.807, 2.05) is 6.07 Å². The maximum Gasteiger partial charge on any atom is 0.241 e. The summed E-state index contributed by atoms with van der Waals surface area (Å²) in [6, 6.07) is 12.3. The van der Waals surface area contributed by atoms with Gasteiger partial charge in [-0.15, -0.1) is 11.8 Å². The normalized spacial score (nSPS) is 27.7. The fraction of sp³-hybridized carbons (Fsp3) is 0.500. The minimum atomic E-state index is -0.233. The second kappa shape index (κ2) is 6.50. The summed E-state index contributed by atoms with van der Waals surface area (Å²) in [5.41, 5.74) is 1.33. The minimum absolute atomic E-state index is 0.102. The Bertz CT molecular complexity index is 542. The van der Waals surface area contributed by atoms with E-state index in [-0.39, 0.29) is 23.4 Å². The first-order chi connectivity index (χ1) is 10.3. The summed E-state index contributed by atoms with van der Waals surface area (Å²) in [6.07, 6.45) is 2.87. The van der Waals surface area contributed by atoms with Crippen molar-refractivity contribution in [3.8, 4) is 6.07 Å². The van der Waals surface area contributed by atoms with Crippen LogP contribution in [0.1, 0.15) is 18.4 Å². The van der Waals surface area contributed by atoms with Crippen molar-refractivity contribution in [2.75, 3.05) is 12.3 Å². The molecule has 2 saturated heterocycles. The van der Waals surface area contributed by atoms with E-state index >= 15 is 0 Å². The van der Waals surface area contributed by atoms with Gasteiger partial charge >= 0.3 is 0 Å². The lowest BCUT2D eigenvalue weighted by atomic mass is 10.1. The van der Waals surface area contributed by atoms with Gasteiger partial charge < -0.3 is 10.2 Å². The van der Waals surface area contributed by atoms with E-state index in [1.165, 1.54) is 5.56 Å². The third kappa shape index (κ3) is 3.07. The number of nitrogens with zero attached hydrogens (tertiary/aromatic N) is 2. The van der Waals surface area contributed by atoms with Crippen molar-refractivity contribution in [1.29, 1.82) is 5.26 Å². The van der Waals surface area contributed by atoms with Crippen molar-refractivity contribution in [3.05, 3.63) is 35.9 Å². The minimum Gasteiger partial charge on any atom is -0.312 e. The molecule has 110 valence electrons. The number of nitrogens with one attached hydrogen (secondary N) is 1. The average Bonchev–Trinajstić information content (AvgIpc) is 3.05. The highest BCUT2D eigenvalue weighted by Gasteiger charge is 2.47. The molecule has 0 spiro atoms. The van der Waals surface area contributed by atoms with Gasteiger partial charge in [-0.05, 0) is 24.9 Å². The van der Waals surface area contributed by atoms with Crippen LogP contribution in [-0.4, -0.2) is 40.6 Å². The second-order valence-electron chi connectivity index (χ2n) is 5.51. The van der Waals surface area contributed by atoms with Crippen LogP contribution in [0.25, 0.3) is 0 Å². The third-order valence-electron chi connectivity index (χ3n) is 4.11. The Morgan fingerprint density at radius 3 is 2.95 bits per heavy atom. The van der Waals surface area contributed by atoms with Gasteiger partial charge in [-0.25, -0.2) is 0 Å². The molecule has 1 N–H and O–H groups in total. The monoisotopic (exact) mass is 301 g/mol. The van der Waals surface area contributed by atoms with Crippen LogP contribution in [0.3, 0.4) is 0 Å². The number of rotatable bonds is 5. The van der Waals surface area contributed by atoms with Crippen LogP contribution >= 0.6 is 11.8 Å². The largest absolute Gasteiger partial charge is 0.312 e. The molecule has 2 heterocycles. The van der Waals surface area contributed by atoms with E-state index < -0.39 is 0 Å². The van der Waals surface area contributed by atoms with Crippen LogP contribution in [0.5, 0.6) is 0 Å². The van der Waals surface area contributed by atoms with E-state index in [4.69, 9.17) is 5.26 Å². The lowest BCUT2D eigenvalue weighted by Crippen LogP contribution is -2.42. The van der Waals surface area contributed by atoms with Crippen LogP contribution in [0.4, 0.5) is 0 Å². The van der Waals surface area contributed by atoms with Gasteiger partial charge in [0.15, 0.2) is 0 Å². The Balaban J connectivity index is 1.45. The molecule has 0 saturated carbocycles. The molecule has 0 radical (unpaired) electrons. The van der Waals surface area contributed by atoms with Gasteiger partial charge in [0.05, 0.1) is 17.5 Å². The molecule has 2 aliphatic rings. The van der Waals surface area contributed by atoms with E-state index in [0.29, 0.717) is 0 Å². The third-order valence-corrected chi connectivity index (χ3v) is 5.42. The number of carbonyl (C=O) groups is 1. The zero-order valence-electron chi connectivity index (χ0n) is 11.9. The zero-order chi connectivity index (χ0) is 14.7. The molecule has 3 rings (SSSR count). The average molecular weight is 301 g/mol. The summed E-state index contributed by atoms with van der Waals surface area (Å²) in [5, 5.41) is 12.6. The van der Waals surface area contributed by atoms with Gasteiger partial charge in [-0.1, -0.05) is 30.3 Å². The van der Waals surface area contributed by atoms with Gasteiger partial charge in [-0.3, -0.25) is 4.79 Å². The van der Waals surface area contributed by atoms with Crippen LogP contribution in [-0.2, 0) is 11.2 Å². The molecule has 21 heavy (non-hydrogen) atoms. The maximum atomic E-state index is 12.3. The Morgan fingerprint density at radius 1 is 1.38 bits per heavy atom. The second-order valence-corrected chi connectivity index (χ2v) is 6.72. The molecule has 0 aliphatic carbocycles. The quantitative estimate of drug-likeness (QED) is 0.842. The van der Waals surface area contributed by atoms with E-state index in [9.17, 15) is 4.79 Å². The number of aryl methyl sites for hydroxylation is 1. The summed E-state index contributed by atoms with van der Waals surface area (Å²) in [5.74, 6) is 0.865. The number of amides is 1. The fourth-order valence-corrected chi connectivity index (χ4v) is 4.39. The smallest absolute Gasteiger partial charge is 0.241 e. The van der Waals surface area contributed by atoms with Gasteiger partial charge in [0.1, 0.15) is 6.04 Å². The Hall–Kier alpha value is -1.51. The Kier molecular flexibility index (Phi) is 4.47. The fourth-order valence-electron chi connectivity index (χ4n) is 3.01. The van der Waals surface area contributed by atoms with E-state index in [0.717, 1.165) is 31.6 Å². The van der Waals surface area contributed by atoms with Gasteiger partial charge in [0, 0.05) is 12.2 Å². The highest BCUT2D eigenvalue weighted by Crippen LogP contribution is 2.37. The molecule has 3 atom stereocenters. The number of nitriles is 1. The SMILES string of the molecule is N#CC1CSC2CC(NCCCc3ccccc3)C(=O)N12. The lowest BCUT2D eigenvalue weighted by Gasteiger charge is -2.18. The van der Waals surface area contributed by atoms with Crippen LogP contribution in [0.15, 0.2) is 30.3 Å². The van der Waals surface area contributed by atoms with E-state index in [2.05, 4.69) is 35.7 Å². The molecule has 1 amide bonds. The zero-order valence-corrected chi connectivity index (χ0v) is 12.7. The van der Waals surface area contributed by atoms with Gasteiger partial charge in [0.2, 0.25) is 5.91 Å². The van der Waals surface area contributed by atoms with Gasteiger partial charge in [0.25, 0.3) is 0 Å². The lowest BCUT2D eigenvalue weighted by molar-refractivity contribution is -0.130. The number of fused-ring (bicyclic) bond motifs is 1. The summed E-state index contributed by atoms with van der Waals surface area (Å²) < 4.78 is 0. The van der Waals surface area contributed by atoms with Crippen molar-refractivity contribution in [2.24, 2.45) is 0 Å². The molecule has 0 bridgehead atoms. The standard InChI is InChI=1S/C16H19N3OS/c17-10-13-11-21-15-9-14(16(20)19(13)15)18-8-4-7-12-5-2-1-3-6-12/h1-3,5-6,13-15,18H,4,7-9,11H2.